The van der Waals surface area contributed by atoms with Gasteiger partial charge < -0.3 is 25.7 Å². The molecule has 3 aliphatic rings. The fourth-order valence-corrected chi connectivity index (χ4v) is 6.15. The Hall–Kier alpha value is -3.94. The van der Waals surface area contributed by atoms with Crippen LogP contribution in [-0.2, 0) is 0 Å². The quantitative estimate of drug-likeness (QED) is 0.436. The van der Waals surface area contributed by atoms with Gasteiger partial charge in [-0.05, 0) is 62.3 Å². The van der Waals surface area contributed by atoms with E-state index < -0.39 is 0 Å². The molecular formula is C29H34N8O2. The van der Waals surface area contributed by atoms with Crippen LogP contribution in [0.5, 0.6) is 5.75 Å². The van der Waals surface area contributed by atoms with Gasteiger partial charge in [-0.1, -0.05) is 18.1 Å². The van der Waals surface area contributed by atoms with E-state index in [4.69, 9.17) is 10.7 Å². The third-order valence-corrected chi connectivity index (χ3v) is 8.10. The summed E-state index contributed by atoms with van der Waals surface area (Å²) in [4.78, 5) is 16.1. The lowest BCUT2D eigenvalue weighted by molar-refractivity contribution is 0.0432. The zero-order valence-electron chi connectivity index (χ0n) is 21.9. The first-order valence-electron chi connectivity index (χ1n) is 13.7. The summed E-state index contributed by atoms with van der Waals surface area (Å²) in [7, 11) is 0. The Labute approximate surface area is 228 Å². The lowest BCUT2D eigenvalue weighted by atomic mass is 10.0. The molecule has 39 heavy (non-hydrogen) atoms. The minimum atomic E-state index is -0.165. The predicted octanol–water partition coefficient (Wildman–Crippen LogP) is 2.28. The van der Waals surface area contributed by atoms with E-state index in [1.54, 1.807) is 18.3 Å². The Kier molecular flexibility index (Phi) is 7.18. The first-order chi connectivity index (χ1) is 19.0. The molecule has 3 aliphatic heterocycles. The summed E-state index contributed by atoms with van der Waals surface area (Å²) in [5.41, 5.74) is 8.27. The van der Waals surface area contributed by atoms with E-state index in [1.807, 2.05) is 24.3 Å². The van der Waals surface area contributed by atoms with Crippen molar-refractivity contribution in [1.82, 2.24) is 25.1 Å². The van der Waals surface area contributed by atoms with E-state index in [0.717, 1.165) is 69.8 Å². The molecule has 2 atom stereocenters. The van der Waals surface area contributed by atoms with Crippen LogP contribution in [0, 0.1) is 11.8 Å². The molecule has 0 aliphatic carbocycles. The Morgan fingerprint density at radius 3 is 2.56 bits per heavy atom. The number of fused-ring (bicyclic) bond motifs is 2. The maximum absolute atomic E-state index is 10.3. The largest absolute Gasteiger partial charge is 0.507 e. The Morgan fingerprint density at radius 1 is 0.974 bits per heavy atom. The van der Waals surface area contributed by atoms with E-state index in [0.29, 0.717) is 41.5 Å². The number of anilines is 3. The summed E-state index contributed by atoms with van der Waals surface area (Å²) in [6, 6.07) is 11.8. The number of piperidine rings is 1. The standard InChI is InChI=1S/C29H34N8O2/c30-29-25(19-24(33-34-29)23-5-1-2-6-26(23)39)35-12-4-13-36(16-15-35)28-10-11-31-27(32-28)7-3-14-37-20-8-9-21(37)18-22(38)17-20/h1-2,5-6,10-11,19-22,38-39H,4,8-9,12-18H2,(H2,30,34). The van der Waals surface area contributed by atoms with E-state index in [1.165, 1.54) is 0 Å². The van der Waals surface area contributed by atoms with Crippen molar-refractivity contribution in [3.05, 3.63) is 48.4 Å². The molecule has 6 rings (SSSR count). The molecule has 10 nitrogen and oxygen atoms in total. The van der Waals surface area contributed by atoms with Crippen molar-refractivity contribution in [3.63, 3.8) is 0 Å². The molecule has 0 saturated carbocycles. The Bertz CT molecular complexity index is 1370. The maximum Gasteiger partial charge on any atom is 0.206 e. The van der Waals surface area contributed by atoms with Gasteiger partial charge in [0.2, 0.25) is 5.82 Å². The number of nitrogen functional groups attached to an aromatic ring is 1. The fourth-order valence-electron chi connectivity index (χ4n) is 6.15. The van der Waals surface area contributed by atoms with Gasteiger partial charge in [-0.2, -0.15) is 0 Å². The molecule has 10 heteroatoms. The number of aliphatic hydroxyl groups excluding tert-OH is 1. The smallest absolute Gasteiger partial charge is 0.206 e. The molecule has 3 saturated heterocycles. The van der Waals surface area contributed by atoms with E-state index >= 15 is 0 Å². The van der Waals surface area contributed by atoms with Crippen molar-refractivity contribution in [2.24, 2.45) is 0 Å². The third kappa shape index (κ3) is 5.46. The van der Waals surface area contributed by atoms with Gasteiger partial charge in [-0.25, -0.2) is 9.97 Å². The number of aromatic hydroxyl groups is 1. The van der Waals surface area contributed by atoms with Gasteiger partial charge in [-0.3, -0.25) is 4.90 Å². The highest BCUT2D eigenvalue weighted by Crippen LogP contribution is 2.35. The Balaban J connectivity index is 1.12. The summed E-state index contributed by atoms with van der Waals surface area (Å²) >= 11 is 0. The lowest BCUT2D eigenvalue weighted by Crippen LogP contribution is -2.44. The number of hydrogen-bond donors (Lipinski definition) is 3. The topological polar surface area (TPSA) is 128 Å². The molecule has 2 aromatic heterocycles. The van der Waals surface area contributed by atoms with Gasteiger partial charge in [0.1, 0.15) is 11.6 Å². The summed E-state index contributed by atoms with van der Waals surface area (Å²) < 4.78 is 0. The van der Waals surface area contributed by atoms with Crippen molar-refractivity contribution in [3.8, 4) is 28.8 Å². The van der Waals surface area contributed by atoms with Crippen LogP contribution in [0.15, 0.2) is 42.6 Å². The van der Waals surface area contributed by atoms with Crippen molar-refractivity contribution in [2.45, 2.75) is 50.3 Å². The second-order valence-corrected chi connectivity index (χ2v) is 10.6. The number of aliphatic hydroxyl groups is 1. The molecule has 0 radical (unpaired) electrons. The second kappa shape index (κ2) is 11.0. The van der Waals surface area contributed by atoms with Crippen LogP contribution in [0.25, 0.3) is 11.3 Å². The van der Waals surface area contributed by atoms with Gasteiger partial charge in [0, 0.05) is 50.0 Å². The van der Waals surface area contributed by atoms with Crippen LogP contribution < -0.4 is 15.5 Å². The highest BCUT2D eigenvalue weighted by Gasteiger charge is 2.39. The molecule has 3 aromatic rings. The fraction of sp³-hybridized carbons (Fsp3) is 0.448. The number of para-hydroxylation sites is 1. The van der Waals surface area contributed by atoms with Crippen molar-refractivity contribution < 1.29 is 10.2 Å². The monoisotopic (exact) mass is 526 g/mol. The van der Waals surface area contributed by atoms with E-state index in [9.17, 15) is 10.2 Å². The molecule has 2 unspecified atom stereocenters. The normalized spacial score (nSPS) is 23.3. The SMILES string of the molecule is Nc1nnc(-c2ccccc2O)cc1N1CCCN(c2ccnc(C#CCN3C4CCC3CC(O)C4)n2)CC1. The Morgan fingerprint density at radius 2 is 1.74 bits per heavy atom. The molecule has 1 aromatic carbocycles. The number of nitrogens with two attached hydrogens (primary N) is 1. The molecule has 2 bridgehead atoms. The average Bonchev–Trinajstić information content (AvgIpc) is 3.10. The highest BCUT2D eigenvalue weighted by molar-refractivity contribution is 5.74. The van der Waals surface area contributed by atoms with E-state index in [-0.39, 0.29) is 11.9 Å². The van der Waals surface area contributed by atoms with Crippen LogP contribution in [0.4, 0.5) is 17.3 Å². The molecule has 5 heterocycles. The van der Waals surface area contributed by atoms with Crippen molar-refractivity contribution in [1.29, 1.82) is 0 Å². The molecule has 3 fully saturated rings. The van der Waals surface area contributed by atoms with Gasteiger partial charge in [-0.15, -0.1) is 10.2 Å². The maximum atomic E-state index is 10.3. The highest BCUT2D eigenvalue weighted by atomic mass is 16.3. The van der Waals surface area contributed by atoms with Gasteiger partial charge in [0.25, 0.3) is 0 Å². The third-order valence-electron chi connectivity index (χ3n) is 8.10. The number of hydrogen-bond acceptors (Lipinski definition) is 10. The lowest BCUT2D eigenvalue weighted by Gasteiger charge is -2.35. The number of rotatable bonds is 4. The van der Waals surface area contributed by atoms with Crippen LogP contribution >= 0.6 is 0 Å². The number of phenolic OH excluding ortho intramolecular Hbond substituents is 1. The van der Waals surface area contributed by atoms with Crippen LogP contribution in [0.1, 0.15) is 37.9 Å². The minimum absolute atomic E-state index is 0.161. The molecule has 202 valence electrons. The number of nitrogens with zero attached hydrogens (tertiary/aromatic N) is 7. The average molecular weight is 527 g/mol. The van der Waals surface area contributed by atoms with E-state index in [2.05, 4.69) is 41.7 Å². The number of phenols is 1. The number of aromatic nitrogens is 4. The molecule has 4 N–H and O–H groups in total. The van der Waals surface area contributed by atoms with Crippen LogP contribution in [-0.4, -0.2) is 86.2 Å². The summed E-state index contributed by atoms with van der Waals surface area (Å²) in [6.45, 7) is 3.86. The first-order valence-corrected chi connectivity index (χ1v) is 13.7. The zero-order chi connectivity index (χ0) is 26.8. The summed E-state index contributed by atoms with van der Waals surface area (Å²) in [5, 5.41) is 28.7. The zero-order valence-corrected chi connectivity index (χ0v) is 21.9. The summed E-state index contributed by atoms with van der Waals surface area (Å²) in [5.74, 6) is 8.39. The van der Waals surface area contributed by atoms with Crippen molar-refractivity contribution >= 4 is 17.3 Å². The molecular weight excluding hydrogens is 492 g/mol. The van der Waals surface area contributed by atoms with Crippen LogP contribution in [0.3, 0.4) is 0 Å². The van der Waals surface area contributed by atoms with Gasteiger partial charge in [0.05, 0.1) is 24.0 Å². The summed E-state index contributed by atoms with van der Waals surface area (Å²) in [6.07, 6.45) is 6.54. The van der Waals surface area contributed by atoms with Gasteiger partial charge >= 0.3 is 0 Å². The van der Waals surface area contributed by atoms with Crippen molar-refractivity contribution in [2.75, 3.05) is 48.3 Å². The molecule has 0 spiro atoms. The second-order valence-electron chi connectivity index (χ2n) is 10.6. The first kappa shape index (κ1) is 25.3. The predicted molar refractivity (Wildman–Crippen MR) is 150 cm³/mol. The number of benzene rings is 1. The van der Waals surface area contributed by atoms with Crippen LogP contribution in [0.2, 0.25) is 0 Å². The molecule has 0 amide bonds. The minimum Gasteiger partial charge on any atom is -0.507 e. The van der Waals surface area contributed by atoms with Gasteiger partial charge in [0.15, 0.2) is 5.82 Å².